The molecule has 176 valence electrons. The predicted octanol–water partition coefficient (Wildman–Crippen LogP) is 3.18. The molecule has 3 N–H and O–H groups in total. The summed E-state index contributed by atoms with van der Waals surface area (Å²) in [6.07, 6.45) is -5.25. The maximum absolute atomic E-state index is 12.9. The van der Waals surface area contributed by atoms with Gasteiger partial charge in [-0.3, -0.25) is 4.79 Å². The first-order valence-electron chi connectivity index (χ1n) is 8.57. The quantitative estimate of drug-likeness (QED) is 0.469. The first-order valence-corrected chi connectivity index (χ1v) is 12.1. The van der Waals surface area contributed by atoms with Gasteiger partial charge >= 0.3 is 6.18 Å². The molecule has 2 aromatic carbocycles. The summed E-state index contributed by atoms with van der Waals surface area (Å²) in [5, 5.41) is 19.6. The summed E-state index contributed by atoms with van der Waals surface area (Å²) in [5.41, 5.74) is -4.05. The van der Waals surface area contributed by atoms with Crippen LogP contribution in [-0.4, -0.2) is 53.2 Å². The van der Waals surface area contributed by atoms with Crippen LogP contribution in [0, 0.1) is 0 Å². The molecular formula is C18H16Cl2F3NO6S2. The van der Waals surface area contributed by atoms with Crippen LogP contribution in [0.1, 0.15) is 6.92 Å². The van der Waals surface area contributed by atoms with Crippen LogP contribution in [0.15, 0.2) is 51.1 Å². The fourth-order valence-electron chi connectivity index (χ4n) is 2.30. The average molecular weight is 534 g/mol. The Kier molecular flexibility index (Phi) is 8.14. The highest BCUT2D eigenvalue weighted by Crippen LogP contribution is 2.34. The number of halogens is 5. The molecule has 0 aromatic heterocycles. The standard InChI is InChI=1S/C18H16Cl2F3NO6S2/c1-17(27,18(21,22)23)16(26)24-14-4-2-10(8-12(14)19)32(29,30)11-3-5-15(13(20)9-11)31(28)7-6-25/h2-5,8-9,25,27H,6-7H2,1H3,(H,24,26). The molecule has 14 heteroatoms. The molecule has 0 spiro atoms. The van der Waals surface area contributed by atoms with Gasteiger partial charge in [-0.25, -0.2) is 8.42 Å². The van der Waals surface area contributed by atoms with Gasteiger partial charge in [0.05, 0.1) is 32.1 Å². The van der Waals surface area contributed by atoms with Gasteiger partial charge in [-0.1, -0.05) is 23.2 Å². The van der Waals surface area contributed by atoms with Crippen molar-refractivity contribution in [2.24, 2.45) is 0 Å². The van der Waals surface area contributed by atoms with Gasteiger partial charge in [0.25, 0.3) is 5.91 Å². The largest absolute Gasteiger partial charge is 0.611 e. The molecule has 2 aromatic rings. The van der Waals surface area contributed by atoms with Crippen molar-refractivity contribution in [2.45, 2.75) is 33.4 Å². The summed E-state index contributed by atoms with van der Waals surface area (Å²) in [7, 11) is -4.19. The Morgan fingerprint density at radius 2 is 1.66 bits per heavy atom. The molecule has 2 rings (SSSR count). The second-order valence-corrected chi connectivity index (χ2v) is 10.8. The van der Waals surface area contributed by atoms with Crippen LogP contribution in [-0.2, 0) is 25.8 Å². The summed E-state index contributed by atoms with van der Waals surface area (Å²) >= 11 is 10.3. The fraction of sp³-hybridized carbons (Fsp3) is 0.278. The van der Waals surface area contributed by atoms with Gasteiger partial charge in [-0.05, 0) is 54.5 Å². The number of sulfone groups is 1. The van der Waals surface area contributed by atoms with Crippen molar-refractivity contribution in [3.63, 3.8) is 0 Å². The minimum Gasteiger partial charge on any atom is -0.611 e. The molecule has 32 heavy (non-hydrogen) atoms. The Hall–Kier alpha value is -1.54. The fourth-order valence-corrected chi connectivity index (χ4v) is 5.29. The van der Waals surface area contributed by atoms with E-state index in [9.17, 15) is 36.0 Å². The summed E-state index contributed by atoms with van der Waals surface area (Å²) in [4.78, 5) is 11.3. The highest BCUT2D eigenvalue weighted by Gasteiger charge is 2.55. The second-order valence-electron chi connectivity index (χ2n) is 6.53. The smallest absolute Gasteiger partial charge is 0.426 e. The van der Waals surface area contributed by atoms with Crippen LogP contribution in [0.3, 0.4) is 0 Å². The molecule has 0 heterocycles. The molecule has 0 saturated heterocycles. The van der Waals surface area contributed by atoms with E-state index in [1.807, 2.05) is 0 Å². The number of anilines is 1. The molecule has 2 unspecified atom stereocenters. The van der Waals surface area contributed by atoms with Crippen molar-refractivity contribution in [1.29, 1.82) is 0 Å². The Morgan fingerprint density at radius 3 is 2.12 bits per heavy atom. The highest BCUT2D eigenvalue weighted by molar-refractivity contribution is 7.92. The van der Waals surface area contributed by atoms with Crippen LogP contribution >= 0.6 is 23.2 Å². The van der Waals surface area contributed by atoms with E-state index in [0.29, 0.717) is 0 Å². The predicted molar refractivity (Wildman–Crippen MR) is 112 cm³/mol. The Bertz CT molecular complexity index is 1130. The lowest BCUT2D eigenvalue weighted by Crippen LogP contribution is -2.52. The minimum atomic E-state index is -5.25. The third-order valence-electron chi connectivity index (χ3n) is 4.23. The van der Waals surface area contributed by atoms with Crippen molar-refractivity contribution in [3.05, 3.63) is 46.4 Å². The molecule has 0 bridgehead atoms. The normalized spacial score (nSPS) is 15.2. The zero-order valence-electron chi connectivity index (χ0n) is 16.1. The number of benzene rings is 2. The van der Waals surface area contributed by atoms with Gasteiger partial charge < -0.3 is 20.1 Å². The number of alkyl halides is 3. The number of aliphatic hydroxyl groups excluding tert-OH is 1. The minimum absolute atomic E-state index is 0.0875. The van der Waals surface area contributed by atoms with E-state index in [-0.39, 0.29) is 44.7 Å². The third-order valence-corrected chi connectivity index (χ3v) is 8.12. The Balaban J connectivity index is 2.34. The van der Waals surface area contributed by atoms with Crippen LogP contribution in [0.25, 0.3) is 0 Å². The van der Waals surface area contributed by atoms with Crippen LogP contribution < -0.4 is 5.32 Å². The number of hydrogen-bond donors (Lipinski definition) is 3. The number of carbonyl (C=O) groups excluding carboxylic acids is 1. The molecule has 2 atom stereocenters. The Morgan fingerprint density at radius 1 is 1.12 bits per heavy atom. The first kappa shape index (κ1) is 26.7. The lowest BCUT2D eigenvalue weighted by molar-refractivity contribution is -0.242. The summed E-state index contributed by atoms with van der Waals surface area (Å²) in [5.74, 6) is -1.89. The summed E-state index contributed by atoms with van der Waals surface area (Å²) in [6.45, 7) is -0.0984. The third kappa shape index (κ3) is 5.50. The average Bonchev–Trinajstić information content (AvgIpc) is 2.68. The van der Waals surface area contributed by atoms with Gasteiger partial charge in [-0.15, -0.1) is 0 Å². The summed E-state index contributed by atoms with van der Waals surface area (Å²) in [6, 6.07) is 6.30. The molecule has 0 aliphatic carbocycles. The number of carbonyl (C=O) groups is 1. The number of rotatable bonds is 7. The Labute approximate surface area is 194 Å². The number of hydrogen-bond acceptors (Lipinski definition) is 6. The molecule has 1 amide bonds. The maximum Gasteiger partial charge on any atom is 0.426 e. The topological polar surface area (TPSA) is 127 Å². The van der Waals surface area contributed by atoms with Gasteiger partial charge in [0.15, 0.2) is 4.90 Å². The SMILES string of the molecule is CC(O)(C(=O)Nc1ccc(S(=O)(=O)c2ccc([S+]([O-])CCO)c(Cl)c2)cc1Cl)C(F)(F)F. The lowest BCUT2D eigenvalue weighted by Gasteiger charge is -2.25. The van der Waals surface area contributed by atoms with Gasteiger partial charge in [0.1, 0.15) is 5.75 Å². The zero-order valence-corrected chi connectivity index (χ0v) is 19.3. The van der Waals surface area contributed by atoms with E-state index >= 15 is 0 Å². The van der Waals surface area contributed by atoms with Gasteiger partial charge in [0.2, 0.25) is 15.4 Å². The summed E-state index contributed by atoms with van der Waals surface area (Å²) < 4.78 is 76.0. The van der Waals surface area contributed by atoms with Gasteiger partial charge in [-0.2, -0.15) is 13.2 Å². The van der Waals surface area contributed by atoms with E-state index in [4.69, 9.17) is 28.3 Å². The van der Waals surface area contributed by atoms with E-state index in [0.717, 1.165) is 30.3 Å². The number of aliphatic hydroxyl groups is 2. The van der Waals surface area contributed by atoms with E-state index < -0.39 is 43.7 Å². The van der Waals surface area contributed by atoms with E-state index in [1.165, 1.54) is 6.07 Å². The molecular weight excluding hydrogens is 518 g/mol. The van der Waals surface area contributed by atoms with Crippen molar-refractivity contribution >= 4 is 55.8 Å². The monoisotopic (exact) mass is 533 g/mol. The molecule has 0 aliphatic heterocycles. The van der Waals surface area contributed by atoms with Crippen molar-refractivity contribution < 1.29 is 41.1 Å². The van der Waals surface area contributed by atoms with Crippen LogP contribution in [0.2, 0.25) is 10.0 Å². The molecule has 0 radical (unpaired) electrons. The van der Waals surface area contributed by atoms with E-state index in [1.54, 1.807) is 5.32 Å². The number of nitrogens with one attached hydrogen (secondary N) is 1. The molecule has 0 fully saturated rings. The molecule has 0 aliphatic rings. The van der Waals surface area contributed by atoms with E-state index in [2.05, 4.69) is 0 Å². The highest BCUT2D eigenvalue weighted by atomic mass is 35.5. The second kappa shape index (κ2) is 9.75. The van der Waals surface area contributed by atoms with Crippen LogP contribution in [0.4, 0.5) is 18.9 Å². The molecule has 0 saturated carbocycles. The first-order chi connectivity index (χ1) is 14.6. The van der Waals surface area contributed by atoms with Crippen molar-refractivity contribution in [1.82, 2.24) is 0 Å². The van der Waals surface area contributed by atoms with Crippen molar-refractivity contribution in [2.75, 3.05) is 17.7 Å². The molecule has 7 nitrogen and oxygen atoms in total. The number of amides is 1. The zero-order chi connectivity index (χ0) is 24.5. The lowest BCUT2D eigenvalue weighted by atomic mass is 10.1. The van der Waals surface area contributed by atoms with Crippen LogP contribution in [0.5, 0.6) is 0 Å². The maximum atomic E-state index is 12.9. The van der Waals surface area contributed by atoms with Crippen molar-refractivity contribution in [3.8, 4) is 0 Å². The van der Waals surface area contributed by atoms with Gasteiger partial charge in [0, 0.05) is 0 Å².